The highest BCUT2D eigenvalue weighted by molar-refractivity contribution is 6.01. The minimum atomic E-state index is -0.0456. The van der Waals surface area contributed by atoms with Crippen molar-refractivity contribution in [1.29, 1.82) is 0 Å². The van der Waals surface area contributed by atoms with Gasteiger partial charge in [-0.05, 0) is 34.4 Å². The van der Waals surface area contributed by atoms with Crippen molar-refractivity contribution in [2.75, 3.05) is 0 Å². The summed E-state index contributed by atoms with van der Waals surface area (Å²) in [5.74, 6) is 0.0172. The topological polar surface area (TPSA) is 49.7 Å². The van der Waals surface area contributed by atoms with Gasteiger partial charge in [-0.2, -0.15) is 0 Å². The Morgan fingerprint density at radius 2 is 1.53 bits per heavy atom. The molecule has 0 aliphatic carbocycles. The standard InChI is InChI=1S/C14H10O3/c15-14-12-8-10-4-2-1-3-9(10)7-11(12)5-6-13(14)17-16/h1-8,15-16H. The average Bonchev–Trinajstić information content (AvgIpc) is 2.37. The van der Waals surface area contributed by atoms with Gasteiger partial charge in [-0.15, -0.1) is 0 Å². The molecule has 0 bridgehead atoms. The number of rotatable bonds is 1. The lowest BCUT2D eigenvalue weighted by Crippen LogP contribution is -1.85. The largest absolute Gasteiger partial charge is 0.504 e. The third-order valence-corrected chi connectivity index (χ3v) is 2.92. The summed E-state index contributed by atoms with van der Waals surface area (Å²) in [6, 6.07) is 15.1. The summed E-state index contributed by atoms with van der Waals surface area (Å²) < 4.78 is 0. The Hall–Kier alpha value is -2.26. The Morgan fingerprint density at radius 1 is 0.824 bits per heavy atom. The highest BCUT2D eigenvalue weighted by Gasteiger charge is 2.08. The van der Waals surface area contributed by atoms with Gasteiger partial charge in [0.2, 0.25) is 5.75 Å². The number of fused-ring (bicyclic) bond motifs is 2. The second kappa shape index (κ2) is 3.64. The molecule has 3 aromatic carbocycles. The van der Waals surface area contributed by atoms with Gasteiger partial charge in [0.1, 0.15) is 0 Å². The fraction of sp³-hybridized carbons (Fsp3) is 0. The number of benzene rings is 3. The van der Waals surface area contributed by atoms with Gasteiger partial charge in [0.15, 0.2) is 5.75 Å². The Labute approximate surface area is 97.4 Å². The monoisotopic (exact) mass is 226 g/mol. The van der Waals surface area contributed by atoms with Crippen molar-refractivity contribution in [3.05, 3.63) is 48.5 Å². The molecule has 3 heteroatoms. The zero-order chi connectivity index (χ0) is 11.8. The van der Waals surface area contributed by atoms with Crippen LogP contribution in [0.2, 0.25) is 0 Å². The summed E-state index contributed by atoms with van der Waals surface area (Å²) in [7, 11) is 0. The molecule has 3 rings (SSSR count). The zero-order valence-corrected chi connectivity index (χ0v) is 8.92. The fourth-order valence-electron chi connectivity index (χ4n) is 2.05. The van der Waals surface area contributed by atoms with Crippen LogP contribution in [0.4, 0.5) is 0 Å². The van der Waals surface area contributed by atoms with Gasteiger partial charge >= 0.3 is 0 Å². The summed E-state index contributed by atoms with van der Waals surface area (Å²) in [6.45, 7) is 0. The second-order valence-corrected chi connectivity index (χ2v) is 3.92. The highest BCUT2D eigenvalue weighted by atomic mass is 17.1. The quantitative estimate of drug-likeness (QED) is 0.379. The number of phenols is 1. The summed E-state index contributed by atoms with van der Waals surface area (Å²) in [5, 5.41) is 22.3. The molecule has 0 aliphatic heterocycles. The van der Waals surface area contributed by atoms with Crippen LogP contribution >= 0.6 is 0 Å². The first-order chi connectivity index (χ1) is 8.29. The Morgan fingerprint density at radius 3 is 2.24 bits per heavy atom. The lowest BCUT2D eigenvalue weighted by atomic mass is 10.0. The van der Waals surface area contributed by atoms with Crippen molar-refractivity contribution < 1.29 is 15.3 Å². The predicted molar refractivity (Wildman–Crippen MR) is 66.4 cm³/mol. The van der Waals surface area contributed by atoms with Crippen LogP contribution in [0.5, 0.6) is 11.5 Å². The van der Waals surface area contributed by atoms with Gasteiger partial charge in [0.05, 0.1) is 0 Å². The molecular formula is C14H10O3. The first-order valence-electron chi connectivity index (χ1n) is 5.25. The maximum Gasteiger partial charge on any atom is 0.207 e. The molecule has 3 aromatic rings. The Balaban J connectivity index is 2.44. The molecule has 0 saturated carbocycles. The minimum Gasteiger partial charge on any atom is -0.504 e. The van der Waals surface area contributed by atoms with Gasteiger partial charge < -0.3 is 9.99 Å². The zero-order valence-electron chi connectivity index (χ0n) is 8.92. The van der Waals surface area contributed by atoms with E-state index < -0.39 is 0 Å². The number of phenolic OH excluding ortho intramolecular Hbond substituents is 1. The smallest absolute Gasteiger partial charge is 0.207 e. The van der Waals surface area contributed by atoms with Crippen molar-refractivity contribution in [3.8, 4) is 11.5 Å². The average molecular weight is 226 g/mol. The minimum absolute atomic E-state index is 0.0456. The van der Waals surface area contributed by atoms with Crippen molar-refractivity contribution >= 4 is 21.5 Å². The van der Waals surface area contributed by atoms with E-state index >= 15 is 0 Å². The highest BCUT2D eigenvalue weighted by Crippen LogP contribution is 2.36. The van der Waals surface area contributed by atoms with Crippen molar-refractivity contribution in [1.82, 2.24) is 0 Å². The van der Waals surface area contributed by atoms with E-state index in [1.54, 1.807) is 6.07 Å². The van der Waals surface area contributed by atoms with E-state index in [9.17, 15) is 5.11 Å². The van der Waals surface area contributed by atoms with E-state index in [1.807, 2.05) is 36.4 Å². The molecule has 0 unspecified atom stereocenters. The van der Waals surface area contributed by atoms with Crippen LogP contribution < -0.4 is 4.89 Å². The SMILES string of the molecule is OOc1ccc2cc3ccccc3cc2c1O. The maximum atomic E-state index is 9.92. The molecule has 0 saturated heterocycles. The predicted octanol–water partition coefficient (Wildman–Crippen LogP) is 3.55. The van der Waals surface area contributed by atoms with Crippen LogP contribution in [0, 0.1) is 0 Å². The van der Waals surface area contributed by atoms with Crippen LogP contribution in [0.15, 0.2) is 48.5 Å². The first kappa shape index (κ1) is 9.93. The molecule has 0 heterocycles. The first-order valence-corrected chi connectivity index (χ1v) is 5.25. The normalized spacial score (nSPS) is 10.9. The second-order valence-electron chi connectivity index (χ2n) is 3.92. The van der Waals surface area contributed by atoms with Gasteiger partial charge in [-0.1, -0.05) is 30.3 Å². The van der Waals surface area contributed by atoms with Crippen molar-refractivity contribution in [2.45, 2.75) is 0 Å². The van der Waals surface area contributed by atoms with Crippen molar-refractivity contribution in [2.24, 2.45) is 0 Å². The summed E-state index contributed by atoms with van der Waals surface area (Å²) >= 11 is 0. The number of aromatic hydroxyl groups is 1. The van der Waals surface area contributed by atoms with E-state index in [4.69, 9.17) is 5.26 Å². The molecule has 0 spiro atoms. The maximum absolute atomic E-state index is 9.92. The lowest BCUT2D eigenvalue weighted by Gasteiger charge is -2.06. The molecule has 0 fully saturated rings. The van der Waals surface area contributed by atoms with Gasteiger partial charge in [0, 0.05) is 5.39 Å². The molecule has 0 amide bonds. The van der Waals surface area contributed by atoms with Gasteiger partial charge in [-0.3, -0.25) is 0 Å². The molecule has 3 nitrogen and oxygen atoms in total. The van der Waals surface area contributed by atoms with Crippen LogP contribution in [0.3, 0.4) is 0 Å². The molecule has 0 atom stereocenters. The Kier molecular flexibility index (Phi) is 2.13. The van der Waals surface area contributed by atoms with Crippen molar-refractivity contribution in [3.63, 3.8) is 0 Å². The summed E-state index contributed by atoms with van der Waals surface area (Å²) in [6.07, 6.45) is 0. The fourth-order valence-corrected chi connectivity index (χ4v) is 2.05. The number of hydrogen-bond acceptors (Lipinski definition) is 3. The van der Waals surface area contributed by atoms with E-state index in [2.05, 4.69) is 4.89 Å². The summed E-state index contributed by atoms with van der Waals surface area (Å²) in [5.41, 5.74) is 0. The molecule has 0 radical (unpaired) electrons. The Bertz CT molecular complexity index is 704. The molecule has 0 aromatic heterocycles. The van der Waals surface area contributed by atoms with E-state index in [-0.39, 0.29) is 11.5 Å². The van der Waals surface area contributed by atoms with E-state index in [0.717, 1.165) is 16.2 Å². The van der Waals surface area contributed by atoms with Crippen LogP contribution in [0.25, 0.3) is 21.5 Å². The lowest BCUT2D eigenvalue weighted by molar-refractivity contribution is -0.138. The molecule has 17 heavy (non-hydrogen) atoms. The van der Waals surface area contributed by atoms with E-state index in [1.165, 1.54) is 6.07 Å². The molecule has 84 valence electrons. The van der Waals surface area contributed by atoms with Gasteiger partial charge in [-0.25, -0.2) is 5.26 Å². The van der Waals surface area contributed by atoms with Crippen LogP contribution in [-0.4, -0.2) is 10.4 Å². The molecule has 2 N–H and O–H groups in total. The third kappa shape index (κ3) is 1.48. The molecule has 0 aliphatic rings. The third-order valence-electron chi connectivity index (χ3n) is 2.92. The van der Waals surface area contributed by atoms with Crippen LogP contribution in [-0.2, 0) is 0 Å². The van der Waals surface area contributed by atoms with E-state index in [0.29, 0.717) is 5.39 Å². The van der Waals surface area contributed by atoms with Gasteiger partial charge in [0.25, 0.3) is 0 Å². The molecular weight excluding hydrogens is 216 g/mol. The number of hydrogen-bond donors (Lipinski definition) is 2. The summed E-state index contributed by atoms with van der Waals surface area (Å²) in [4.78, 5) is 4.12. The van der Waals surface area contributed by atoms with Crippen LogP contribution in [0.1, 0.15) is 0 Å².